The average Bonchev–Trinajstić information content (AvgIpc) is 2.66. The summed E-state index contributed by atoms with van der Waals surface area (Å²) in [6.07, 6.45) is 0. The van der Waals surface area contributed by atoms with E-state index in [0.717, 1.165) is 25.2 Å². The molecule has 6 nitrogen and oxygen atoms in total. The van der Waals surface area contributed by atoms with Gasteiger partial charge in [-0.05, 0) is 36.5 Å². The second kappa shape index (κ2) is 9.85. The fourth-order valence-electron chi connectivity index (χ4n) is 3.71. The molecule has 2 rings (SSSR count). The quantitative estimate of drug-likeness (QED) is 0.716. The smallest absolute Gasteiger partial charge is 0.251 e. The molecular weight excluding hydrogens is 374 g/mol. The molecule has 1 heterocycles. The van der Waals surface area contributed by atoms with Gasteiger partial charge in [0.05, 0.1) is 5.75 Å². The highest BCUT2D eigenvalue weighted by Crippen LogP contribution is 2.15. The number of carbonyl (C=O) groups is 1. The van der Waals surface area contributed by atoms with Crippen LogP contribution in [-0.4, -0.2) is 61.5 Å². The lowest BCUT2D eigenvalue weighted by Gasteiger charge is -2.33. The van der Waals surface area contributed by atoms with E-state index in [4.69, 9.17) is 0 Å². The molecule has 1 saturated heterocycles. The first-order valence-electron chi connectivity index (χ1n) is 10.2. The number of benzene rings is 1. The zero-order chi connectivity index (χ0) is 20.9. The summed E-state index contributed by atoms with van der Waals surface area (Å²) in [4.78, 5) is 14.8. The topological polar surface area (TPSA) is 69.7 Å². The van der Waals surface area contributed by atoms with Crippen LogP contribution in [0.15, 0.2) is 24.3 Å². The lowest BCUT2D eigenvalue weighted by molar-refractivity contribution is 0.0910. The zero-order valence-corrected chi connectivity index (χ0v) is 18.6. The van der Waals surface area contributed by atoms with Crippen LogP contribution in [0.4, 0.5) is 0 Å². The Morgan fingerprint density at radius 3 is 2.00 bits per heavy atom. The fourth-order valence-corrected chi connectivity index (χ4v) is 4.79. The second-order valence-corrected chi connectivity index (χ2v) is 10.5. The van der Waals surface area contributed by atoms with Crippen LogP contribution in [0.3, 0.4) is 0 Å². The van der Waals surface area contributed by atoms with Crippen LogP contribution in [0, 0.1) is 11.8 Å². The van der Waals surface area contributed by atoms with Crippen LogP contribution in [0.2, 0.25) is 0 Å². The van der Waals surface area contributed by atoms with E-state index in [9.17, 15) is 13.2 Å². The molecule has 0 saturated carbocycles. The predicted octanol–water partition coefficient (Wildman–Crippen LogP) is 2.56. The first-order chi connectivity index (χ1) is 13.1. The predicted molar refractivity (Wildman–Crippen MR) is 114 cm³/mol. The van der Waals surface area contributed by atoms with Gasteiger partial charge in [0, 0.05) is 44.3 Å². The van der Waals surface area contributed by atoms with Gasteiger partial charge >= 0.3 is 0 Å². The van der Waals surface area contributed by atoms with Crippen LogP contribution in [0.1, 0.15) is 50.5 Å². The van der Waals surface area contributed by atoms with Gasteiger partial charge in [-0.3, -0.25) is 9.69 Å². The highest BCUT2D eigenvalue weighted by atomic mass is 32.2. The average molecular weight is 410 g/mol. The molecule has 28 heavy (non-hydrogen) atoms. The number of nitrogens with zero attached hydrogens (tertiary/aromatic N) is 2. The fraction of sp³-hybridized carbons (Fsp3) is 0.667. The van der Waals surface area contributed by atoms with Gasteiger partial charge in [-0.2, -0.15) is 4.31 Å². The number of nitrogens with one attached hydrogen (secondary N) is 1. The van der Waals surface area contributed by atoms with Gasteiger partial charge in [-0.25, -0.2) is 8.42 Å². The van der Waals surface area contributed by atoms with Crippen LogP contribution in [0.25, 0.3) is 0 Å². The number of carbonyl (C=O) groups excluding carboxylic acids is 1. The van der Waals surface area contributed by atoms with Crippen molar-refractivity contribution in [1.82, 2.24) is 14.5 Å². The SMILES string of the molecule is CCS(=O)(=O)N1CCN(Cc2ccc(C(=O)NC(C(C)C)C(C)C)cc2)CC1. The Kier molecular flexibility index (Phi) is 8.04. The third-order valence-electron chi connectivity index (χ3n) is 5.45. The van der Waals surface area contributed by atoms with Crippen LogP contribution >= 0.6 is 0 Å². The molecule has 1 fully saturated rings. The molecule has 158 valence electrons. The molecule has 1 aliphatic heterocycles. The van der Waals surface area contributed by atoms with Crippen molar-refractivity contribution in [2.24, 2.45) is 11.8 Å². The number of rotatable bonds is 8. The summed E-state index contributed by atoms with van der Waals surface area (Å²) in [6.45, 7) is 13.5. The third kappa shape index (κ3) is 6.03. The van der Waals surface area contributed by atoms with Crippen molar-refractivity contribution < 1.29 is 13.2 Å². The minimum Gasteiger partial charge on any atom is -0.349 e. The van der Waals surface area contributed by atoms with E-state index in [1.807, 2.05) is 24.3 Å². The van der Waals surface area contributed by atoms with Crippen molar-refractivity contribution in [2.75, 3.05) is 31.9 Å². The molecule has 0 unspecified atom stereocenters. The molecule has 1 aromatic rings. The summed E-state index contributed by atoms with van der Waals surface area (Å²) in [6, 6.07) is 7.89. The molecular formula is C21H35N3O3S. The number of sulfonamides is 1. The number of hydrogen-bond donors (Lipinski definition) is 1. The highest BCUT2D eigenvalue weighted by molar-refractivity contribution is 7.89. The van der Waals surface area contributed by atoms with Crippen molar-refractivity contribution in [3.8, 4) is 0 Å². The molecule has 7 heteroatoms. The maximum atomic E-state index is 12.5. The van der Waals surface area contributed by atoms with Gasteiger partial charge in [0.15, 0.2) is 0 Å². The normalized spacial score (nSPS) is 16.9. The highest BCUT2D eigenvalue weighted by Gasteiger charge is 2.25. The van der Waals surface area contributed by atoms with E-state index in [-0.39, 0.29) is 17.7 Å². The van der Waals surface area contributed by atoms with Crippen molar-refractivity contribution in [1.29, 1.82) is 0 Å². The lowest BCUT2D eigenvalue weighted by Crippen LogP contribution is -2.48. The largest absolute Gasteiger partial charge is 0.349 e. The molecule has 0 atom stereocenters. The Hall–Kier alpha value is -1.44. The van der Waals surface area contributed by atoms with Gasteiger partial charge in [0.2, 0.25) is 10.0 Å². The summed E-state index contributed by atoms with van der Waals surface area (Å²) < 4.78 is 25.5. The minimum absolute atomic E-state index is 0.0302. The molecule has 1 N–H and O–H groups in total. The van der Waals surface area contributed by atoms with Crippen molar-refractivity contribution >= 4 is 15.9 Å². The van der Waals surface area contributed by atoms with Crippen LogP contribution < -0.4 is 5.32 Å². The Bertz CT molecular complexity index is 729. The summed E-state index contributed by atoms with van der Waals surface area (Å²) in [5.41, 5.74) is 1.81. The van der Waals surface area contributed by atoms with E-state index in [1.165, 1.54) is 0 Å². The molecule has 1 amide bonds. The summed E-state index contributed by atoms with van der Waals surface area (Å²) in [7, 11) is -3.09. The molecule has 0 spiro atoms. The molecule has 0 aliphatic carbocycles. The standard InChI is InChI=1S/C21H35N3O3S/c1-6-28(26,27)24-13-11-23(12-14-24)15-18-7-9-19(10-8-18)21(25)22-20(16(2)3)17(4)5/h7-10,16-17,20H,6,11-15H2,1-5H3,(H,22,25). The molecule has 0 aromatic heterocycles. The van der Waals surface area contributed by atoms with Crippen molar-refractivity contribution in [3.63, 3.8) is 0 Å². The maximum Gasteiger partial charge on any atom is 0.251 e. The maximum absolute atomic E-state index is 12.5. The first kappa shape index (κ1) is 22.8. The first-order valence-corrected chi connectivity index (χ1v) is 11.8. The van der Waals surface area contributed by atoms with Crippen molar-refractivity contribution in [3.05, 3.63) is 35.4 Å². The number of hydrogen-bond acceptors (Lipinski definition) is 4. The minimum atomic E-state index is -3.09. The Morgan fingerprint density at radius 2 is 1.54 bits per heavy atom. The molecule has 0 bridgehead atoms. The number of piperazine rings is 1. The summed E-state index contributed by atoms with van der Waals surface area (Å²) in [5, 5.41) is 3.15. The Balaban J connectivity index is 1.90. The monoisotopic (exact) mass is 409 g/mol. The van der Waals surface area contributed by atoms with Gasteiger partial charge in [-0.15, -0.1) is 0 Å². The molecule has 0 radical (unpaired) electrons. The molecule has 1 aromatic carbocycles. The van der Waals surface area contributed by atoms with Crippen LogP contribution in [0.5, 0.6) is 0 Å². The van der Waals surface area contributed by atoms with Gasteiger partial charge < -0.3 is 5.32 Å². The van der Waals surface area contributed by atoms with E-state index < -0.39 is 10.0 Å². The zero-order valence-electron chi connectivity index (χ0n) is 17.8. The lowest BCUT2D eigenvalue weighted by atomic mass is 9.93. The van der Waals surface area contributed by atoms with E-state index in [0.29, 0.717) is 30.5 Å². The van der Waals surface area contributed by atoms with E-state index >= 15 is 0 Å². The van der Waals surface area contributed by atoms with Gasteiger partial charge in [0.1, 0.15) is 0 Å². The third-order valence-corrected chi connectivity index (χ3v) is 7.33. The summed E-state index contributed by atoms with van der Waals surface area (Å²) in [5.74, 6) is 0.902. The van der Waals surface area contributed by atoms with Gasteiger partial charge in [0.25, 0.3) is 5.91 Å². The van der Waals surface area contributed by atoms with Crippen LogP contribution in [-0.2, 0) is 16.6 Å². The Labute approximate surface area is 170 Å². The van der Waals surface area contributed by atoms with E-state index in [1.54, 1.807) is 11.2 Å². The summed E-state index contributed by atoms with van der Waals surface area (Å²) >= 11 is 0. The van der Waals surface area contributed by atoms with Crippen molar-refractivity contribution in [2.45, 2.75) is 47.2 Å². The second-order valence-electron chi connectivity index (χ2n) is 8.26. The Morgan fingerprint density at radius 1 is 1.00 bits per heavy atom. The molecule has 1 aliphatic rings. The van der Waals surface area contributed by atoms with Gasteiger partial charge in [-0.1, -0.05) is 39.8 Å². The number of amides is 1. The van der Waals surface area contributed by atoms with E-state index in [2.05, 4.69) is 37.9 Å².